The van der Waals surface area contributed by atoms with E-state index in [9.17, 15) is 13.2 Å². The number of carbonyl (C=O) groups excluding carboxylic acids is 1. The van der Waals surface area contributed by atoms with E-state index in [4.69, 9.17) is 0 Å². The second-order valence-corrected chi connectivity index (χ2v) is 9.70. The Morgan fingerprint density at radius 3 is 2.31 bits per heavy atom. The third-order valence-corrected chi connectivity index (χ3v) is 7.37. The van der Waals surface area contributed by atoms with Gasteiger partial charge in [0.25, 0.3) is 15.9 Å². The number of sulfonamides is 1. The van der Waals surface area contributed by atoms with E-state index >= 15 is 0 Å². The fraction of sp³-hybridized carbons (Fsp3) is 0.227. The zero-order chi connectivity index (χ0) is 20.9. The van der Waals surface area contributed by atoms with E-state index < -0.39 is 10.0 Å². The van der Waals surface area contributed by atoms with Gasteiger partial charge in [0.05, 0.1) is 10.6 Å². The molecule has 0 saturated heterocycles. The van der Waals surface area contributed by atoms with Crippen molar-refractivity contribution in [3.05, 3.63) is 82.6 Å². The van der Waals surface area contributed by atoms with Crippen molar-refractivity contribution in [1.29, 1.82) is 0 Å². The number of rotatable bonds is 8. The Morgan fingerprint density at radius 2 is 1.66 bits per heavy atom. The molecule has 7 heteroatoms. The van der Waals surface area contributed by atoms with Gasteiger partial charge in [0, 0.05) is 13.1 Å². The van der Waals surface area contributed by atoms with Crippen LogP contribution in [0.5, 0.6) is 0 Å². The number of benzene rings is 2. The van der Waals surface area contributed by atoms with Crippen molar-refractivity contribution >= 4 is 33.0 Å². The van der Waals surface area contributed by atoms with Gasteiger partial charge in [0.1, 0.15) is 4.88 Å². The smallest absolute Gasteiger partial charge is 0.264 e. The molecule has 0 aliphatic heterocycles. The van der Waals surface area contributed by atoms with Crippen molar-refractivity contribution in [3.63, 3.8) is 0 Å². The molecule has 1 N–H and O–H groups in total. The Labute approximate surface area is 176 Å². The van der Waals surface area contributed by atoms with Gasteiger partial charge in [-0.1, -0.05) is 48.5 Å². The van der Waals surface area contributed by atoms with Gasteiger partial charge in [-0.15, -0.1) is 11.3 Å². The first-order chi connectivity index (χ1) is 13.9. The van der Waals surface area contributed by atoms with Gasteiger partial charge in [-0.05, 0) is 48.9 Å². The number of carbonyl (C=O) groups is 1. The summed E-state index contributed by atoms with van der Waals surface area (Å²) in [6.45, 7) is 1.96. The van der Waals surface area contributed by atoms with E-state index in [0.29, 0.717) is 10.6 Å². The highest BCUT2D eigenvalue weighted by atomic mass is 32.2. The number of nitrogens with zero attached hydrogens (tertiary/aromatic N) is 1. The molecule has 0 radical (unpaired) electrons. The van der Waals surface area contributed by atoms with E-state index in [1.807, 2.05) is 25.1 Å². The summed E-state index contributed by atoms with van der Waals surface area (Å²) in [6.07, 6.45) is 1.66. The molecule has 3 rings (SSSR count). The first kappa shape index (κ1) is 21.1. The molecular weight excluding hydrogens is 404 g/mol. The van der Waals surface area contributed by atoms with Crippen LogP contribution in [0.15, 0.2) is 77.0 Å². The molecule has 152 valence electrons. The van der Waals surface area contributed by atoms with E-state index in [0.717, 1.165) is 12.8 Å². The predicted octanol–water partition coefficient (Wildman–Crippen LogP) is 4.32. The van der Waals surface area contributed by atoms with Crippen LogP contribution in [0.2, 0.25) is 0 Å². The van der Waals surface area contributed by atoms with Gasteiger partial charge in [-0.25, -0.2) is 8.42 Å². The summed E-state index contributed by atoms with van der Waals surface area (Å²) in [5.74, 6) is -0.259. The number of amides is 1. The maximum Gasteiger partial charge on any atom is 0.264 e. The number of nitrogens with one attached hydrogen (secondary N) is 1. The van der Waals surface area contributed by atoms with E-state index in [-0.39, 0.29) is 16.8 Å². The largest absolute Gasteiger partial charge is 0.349 e. The van der Waals surface area contributed by atoms with Crippen LogP contribution < -0.4 is 9.62 Å². The monoisotopic (exact) mass is 428 g/mol. The Hall–Kier alpha value is -2.64. The molecule has 3 aromatic rings. The summed E-state index contributed by atoms with van der Waals surface area (Å²) in [6, 6.07) is 19.9. The number of anilines is 1. The highest BCUT2D eigenvalue weighted by molar-refractivity contribution is 7.92. The van der Waals surface area contributed by atoms with Crippen LogP contribution in [-0.4, -0.2) is 27.4 Å². The second kappa shape index (κ2) is 9.24. The topological polar surface area (TPSA) is 66.5 Å². The lowest BCUT2D eigenvalue weighted by Crippen LogP contribution is -2.34. The molecule has 29 heavy (non-hydrogen) atoms. The molecule has 2 aromatic carbocycles. The highest BCUT2D eigenvalue weighted by Gasteiger charge is 2.26. The summed E-state index contributed by atoms with van der Waals surface area (Å²) < 4.78 is 26.9. The van der Waals surface area contributed by atoms with Crippen LogP contribution in [0.3, 0.4) is 0 Å². The molecule has 1 atom stereocenters. The maximum atomic E-state index is 12.9. The summed E-state index contributed by atoms with van der Waals surface area (Å²) in [4.78, 5) is 13.4. The standard InChI is InChI=1S/C22H24N2O3S2/c1-17(13-14-18-9-5-3-6-10-18)23-22(25)21-20(15-16-28-21)24(2)29(26,27)19-11-7-4-8-12-19/h3-12,15-17H,13-14H2,1-2H3,(H,23,25)/t17-/m1/s1. The van der Waals surface area contributed by atoms with Crippen LogP contribution in [0.1, 0.15) is 28.6 Å². The highest BCUT2D eigenvalue weighted by Crippen LogP contribution is 2.29. The number of thiophene rings is 1. The van der Waals surface area contributed by atoms with Gasteiger partial charge < -0.3 is 5.32 Å². The molecule has 1 aromatic heterocycles. The predicted molar refractivity (Wildman–Crippen MR) is 118 cm³/mol. The molecule has 0 unspecified atom stereocenters. The Morgan fingerprint density at radius 1 is 1.03 bits per heavy atom. The van der Waals surface area contributed by atoms with Crippen molar-refractivity contribution in [2.24, 2.45) is 0 Å². The first-order valence-electron chi connectivity index (χ1n) is 9.36. The zero-order valence-electron chi connectivity index (χ0n) is 16.4. The molecule has 5 nitrogen and oxygen atoms in total. The van der Waals surface area contributed by atoms with Gasteiger partial charge >= 0.3 is 0 Å². The lowest BCUT2D eigenvalue weighted by atomic mass is 10.1. The molecule has 1 amide bonds. The lowest BCUT2D eigenvalue weighted by Gasteiger charge is -2.20. The molecule has 0 fully saturated rings. The van der Waals surface area contributed by atoms with Crippen molar-refractivity contribution in [3.8, 4) is 0 Å². The molecular formula is C22H24N2O3S2. The first-order valence-corrected chi connectivity index (χ1v) is 11.7. The summed E-state index contributed by atoms with van der Waals surface area (Å²) in [5, 5.41) is 4.72. The minimum absolute atomic E-state index is 0.0336. The van der Waals surface area contributed by atoms with Crippen molar-refractivity contribution in [2.45, 2.75) is 30.7 Å². The minimum atomic E-state index is -3.73. The van der Waals surface area contributed by atoms with E-state index in [2.05, 4.69) is 17.4 Å². The molecule has 1 heterocycles. The van der Waals surface area contributed by atoms with Gasteiger partial charge in [-0.3, -0.25) is 9.10 Å². The molecule has 0 aliphatic carbocycles. The summed E-state index contributed by atoms with van der Waals surface area (Å²) in [7, 11) is -2.26. The van der Waals surface area contributed by atoms with Gasteiger partial charge in [0.2, 0.25) is 0 Å². The van der Waals surface area contributed by atoms with E-state index in [1.165, 1.54) is 28.3 Å². The lowest BCUT2D eigenvalue weighted by molar-refractivity contribution is 0.0943. The van der Waals surface area contributed by atoms with Gasteiger partial charge in [-0.2, -0.15) is 0 Å². The quantitative estimate of drug-likeness (QED) is 0.581. The maximum absolute atomic E-state index is 12.9. The fourth-order valence-electron chi connectivity index (χ4n) is 2.99. The zero-order valence-corrected chi connectivity index (χ0v) is 18.0. The second-order valence-electron chi connectivity index (χ2n) is 6.82. The summed E-state index contributed by atoms with van der Waals surface area (Å²) in [5.41, 5.74) is 1.60. The summed E-state index contributed by atoms with van der Waals surface area (Å²) >= 11 is 1.24. The minimum Gasteiger partial charge on any atom is -0.349 e. The van der Waals surface area contributed by atoms with E-state index in [1.54, 1.807) is 41.8 Å². The van der Waals surface area contributed by atoms with Crippen LogP contribution >= 0.6 is 11.3 Å². The number of aryl methyl sites for hydroxylation is 1. The van der Waals surface area contributed by atoms with Crippen molar-refractivity contribution in [2.75, 3.05) is 11.4 Å². The molecule has 0 saturated carbocycles. The molecule has 0 bridgehead atoms. The normalized spacial score (nSPS) is 12.3. The Balaban J connectivity index is 1.69. The van der Waals surface area contributed by atoms with Crippen LogP contribution in [0, 0.1) is 0 Å². The third kappa shape index (κ3) is 5.05. The van der Waals surface area contributed by atoms with Crippen molar-refractivity contribution < 1.29 is 13.2 Å². The average molecular weight is 429 g/mol. The molecule has 0 aliphatic rings. The fourth-order valence-corrected chi connectivity index (χ4v) is 5.10. The third-order valence-electron chi connectivity index (χ3n) is 4.68. The van der Waals surface area contributed by atoms with Crippen molar-refractivity contribution in [1.82, 2.24) is 5.32 Å². The molecule has 0 spiro atoms. The number of hydrogen-bond acceptors (Lipinski definition) is 4. The van der Waals surface area contributed by atoms with Gasteiger partial charge in [0.15, 0.2) is 0 Å². The van der Waals surface area contributed by atoms with Crippen LogP contribution in [0.4, 0.5) is 5.69 Å². The Bertz CT molecular complexity index is 1050. The number of hydrogen-bond donors (Lipinski definition) is 1. The SMILES string of the molecule is C[C@H](CCc1ccccc1)NC(=O)c1sccc1N(C)S(=O)(=O)c1ccccc1. The van der Waals surface area contributed by atoms with Crippen LogP contribution in [0.25, 0.3) is 0 Å². The Kier molecular flexibility index (Phi) is 6.71. The van der Waals surface area contributed by atoms with Crippen LogP contribution in [-0.2, 0) is 16.4 Å². The average Bonchev–Trinajstić information content (AvgIpc) is 3.23.